The molecule has 12 heavy (non-hydrogen) atoms. The Bertz CT molecular complexity index is 320. The minimum Gasteiger partial charge on any atom is -0.476 e. The minimum absolute atomic E-state index is 0.153. The molecule has 6 heteroatoms. The van der Waals surface area contributed by atoms with Crippen LogP contribution in [-0.2, 0) is 0 Å². The van der Waals surface area contributed by atoms with Gasteiger partial charge in [-0.15, -0.1) is 11.3 Å². The first-order chi connectivity index (χ1) is 5.66. The van der Waals surface area contributed by atoms with E-state index >= 15 is 0 Å². The molecular formula is C6H5NO3S2. The topological polar surface area (TPSA) is 67.3 Å². The van der Waals surface area contributed by atoms with Crippen LogP contribution in [0.2, 0.25) is 0 Å². The van der Waals surface area contributed by atoms with Gasteiger partial charge in [0.15, 0.2) is 5.69 Å². The number of rotatable bonds is 2. The highest BCUT2D eigenvalue weighted by Crippen LogP contribution is 2.18. The monoisotopic (exact) mass is 203 g/mol. The van der Waals surface area contributed by atoms with Crippen LogP contribution in [0.4, 0.5) is 0 Å². The van der Waals surface area contributed by atoms with E-state index in [9.17, 15) is 9.59 Å². The highest BCUT2D eigenvalue weighted by molar-refractivity contribution is 8.13. The standard InChI is InChI=1S/C6H5NO3S2/c1-11-6(10)4-3(5(8)9)7-2-12-4/h2H,1H3,(H,8,9). The fourth-order valence-corrected chi connectivity index (χ4v) is 1.92. The van der Waals surface area contributed by atoms with Crippen LogP contribution in [0.1, 0.15) is 20.2 Å². The van der Waals surface area contributed by atoms with Crippen molar-refractivity contribution in [1.29, 1.82) is 0 Å². The molecule has 0 aromatic carbocycles. The summed E-state index contributed by atoms with van der Waals surface area (Å²) in [7, 11) is 0. The summed E-state index contributed by atoms with van der Waals surface area (Å²) in [5, 5.41) is 8.33. The normalized spacial score (nSPS) is 9.75. The second-order valence-corrected chi connectivity index (χ2v) is 3.46. The van der Waals surface area contributed by atoms with E-state index in [0.29, 0.717) is 0 Å². The Morgan fingerprint density at radius 1 is 1.67 bits per heavy atom. The van der Waals surface area contributed by atoms with Crippen molar-refractivity contribution >= 4 is 34.2 Å². The third kappa shape index (κ3) is 1.64. The van der Waals surface area contributed by atoms with Crippen LogP contribution in [0.25, 0.3) is 0 Å². The maximum atomic E-state index is 11.1. The first-order valence-corrected chi connectivity index (χ1v) is 5.02. The Balaban J connectivity index is 3.07. The lowest BCUT2D eigenvalue weighted by Crippen LogP contribution is -2.03. The molecule has 1 aromatic rings. The van der Waals surface area contributed by atoms with Crippen molar-refractivity contribution in [3.63, 3.8) is 0 Å². The van der Waals surface area contributed by atoms with E-state index in [1.165, 1.54) is 5.51 Å². The fraction of sp³-hybridized carbons (Fsp3) is 0.167. The molecule has 0 saturated carbocycles. The van der Waals surface area contributed by atoms with Gasteiger partial charge in [-0.05, 0) is 6.26 Å². The number of hydrogen-bond acceptors (Lipinski definition) is 5. The van der Waals surface area contributed by atoms with Crippen molar-refractivity contribution < 1.29 is 14.7 Å². The molecular weight excluding hydrogens is 198 g/mol. The van der Waals surface area contributed by atoms with Crippen LogP contribution in [-0.4, -0.2) is 27.4 Å². The van der Waals surface area contributed by atoms with Crippen molar-refractivity contribution in [1.82, 2.24) is 4.98 Å². The highest BCUT2D eigenvalue weighted by Gasteiger charge is 2.18. The van der Waals surface area contributed by atoms with Gasteiger partial charge in [0.2, 0.25) is 5.12 Å². The Kier molecular flexibility index (Phi) is 2.83. The average molecular weight is 203 g/mol. The van der Waals surface area contributed by atoms with Gasteiger partial charge >= 0.3 is 5.97 Å². The maximum absolute atomic E-state index is 11.1. The van der Waals surface area contributed by atoms with Crippen molar-refractivity contribution in [3.05, 3.63) is 16.1 Å². The SMILES string of the molecule is CSC(=O)c1scnc1C(=O)O. The lowest BCUT2D eigenvalue weighted by molar-refractivity contribution is 0.0688. The summed E-state index contributed by atoms with van der Waals surface area (Å²) in [6, 6.07) is 0. The van der Waals surface area contributed by atoms with Crippen LogP contribution in [0, 0.1) is 0 Å². The molecule has 0 bridgehead atoms. The second-order valence-electron chi connectivity index (χ2n) is 1.83. The number of carbonyl (C=O) groups excluding carboxylic acids is 1. The van der Waals surface area contributed by atoms with Crippen molar-refractivity contribution in [2.45, 2.75) is 0 Å². The third-order valence-corrected chi connectivity index (χ3v) is 2.67. The second kappa shape index (κ2) is 3.68. The Labute approximate surface area is 76.6 Å². The number of carboxylic acid groups (broad SMARTS) is 1. The molecule has 1 aromatic heterocycles. The molecule has 1 N–H and O–H groups in total. The number of aromatic nitrogens is 1. The zero-order chi connectivity index (χ0) is 9.14. The maximum Gasteiger partial charge on any atom is 0.356 e. The van der Waals surface area contributed by atoms with Crippen molar-refractivity contribution in [3.8, 4) is 0 Å². The van der Waals surface area contributed by atoms with Gasteiger partial charge in [-0.3, -0.25) is 4.79 Å². The number of thiazole rings is 1. The molecule has 0 aliphatic rings. The van der Waals surface area contributed by atoms with Gasteiger partial charge in [-0.2, -0.15) is 0 Å². The molecule has 0 fully saturated rings. The lowest BCUT2D eigenvalue weighted by Gasteiger charge is -1.92. The number of hydrogen-bond donors (Lipinski definition) is 1. The summed E-state index contributed by atoms with van der Waals surface area (Å²) in [5.41, 5.74) is 1.20. The van der Waals surface area contributed by atoms with Gasteiger partial charge in [0.25, 0.3) is 0 Å². The van der Waals surface area contributed by atoms with Crippen LogP contribution in [0.5, 0.6) is 0 Å². The summed E-state index contributed by atoms with van der Waals surface area (Å²) < 4.78 is 0. The summed E-state index contributed by atoms with van der Waals surface area (Å²) in [5.74, 6) is -1.16. The van der Waals surface area contributed by atoms with Crippen LogP contribution in [0.15, 0.2) is 5.51 Å². The summed E-state index contributed by atoms with van der Waals surface area (Å²) in [4.78, 5) is 25.3. The zero-order valence-corrected chi connectivity index (χ0v) is 7.74. The largest absolute Gasteiger partial charge is 0.476 e. The summed E-state index contributed by atoms with van der Waals surface area (Å²) in [6.45, 7) is 0. The van der Waals surface area contributed by atoms with Crippen LogP contribution >= 0.6 is 23.1 Å². The Morgan fingerprint density at radius 2 is 2.33 bits per heavy atom. The predicted octanol–water partition coefficient (Wildman–Crippen LogP) is 1.34. The van der Waals surface area contributed by atoms with E-state index in [4.69, 9.17) is 5.11 Å². The number of thioether (sulfide) groups is 1. The van der Waals surface area contributed by atoms with Gasteiger partial charge < -0.3 is 5.11 Å². The number of carboxylic acids is 1. The quantitative estimate of drug-likeness (QED) is 0.785. The molecule has 64 valence electrons. The van der Waals surface area contributed by atoms with E-state index in [2.05, 4.69) is 4.98 Å². The first kappa shape index (κ1) is 9.21. The van der Waals surface area contributed by atoms with Gasteiger partial charge in [-0.1, -0.05) is 11.8 Å². The minimum atomic E-state index is -1.16. The molecule has 0 saturated heterocycles. The molecule has 0 amide bonds. The lowest BCUT2D eigenvalue weighted by atomic mass is 10.4. The molecule has 1 rings (SSSR count). The molecule has 0 spiro atoms. The number of nitrogens with zero attached hydrogens (tertiary/aromatic N) is 1. The molecule has 0 aliphatic heterocycles. The smallest absolute Gasteiger partial charge is 0.356 e. The fourth-order valence-electron chi connectivity index (χ4n) is 0.636. The third-order valence-electron chi connectivity index (χ3n) is 1.14. The van der Waals surface area contributed by atoms with Crippen molar-refractivity contribution in [2.24, 2.45) is 0 Å². The molecule has 1 heterocycles. The summed E-state index contributed by atoms with van der Waals surface area (Å²) >= 11 is 2.03. The number of aromatic carboxylic acids is 1. The zero-order valence-electron chi connectivity index (χ0n) is 6.10. The average Bonchev–Trinajstić information content (AvgIpc) is 2.50. The van der Waals surface area contributed by atoms with E-state index in [1.54, 1.807) is 6.26 Å². The Hall–Kier alpha value is -0.880. The first-order valence-electron chi connectivity index (χ1n) is 2.92. The highest BCUT2D eigenvalue weighted by atomic mass is 32.2. The van der Waals surface area contributed by atoms with Crippen LogP contribution < -0.4 is 0 Å². The van der Waals surface area contributed by atoms with E-state index in [1.807, 2.05) is 0 Å². The molecule has 4 nitrogen and oxygen atoms in total. The van der Waals surface area contributed by atoms with Crippen molar-refractivity contribution in [2.75, 3.05) is 6.26 Å². The molecule has 0 aliphatic carbocycles. The molecule has 0 unspecified atom stereocenters. The predicted molar refractivity (Wildman–Crippen MR) is 46.9 cm³/mol. The van der Waals surface area contributed by atoms with E-state index in [0.717, 1.165) is 23.1 Å². The Morgan fingerprint density at radius 3 is 2.83 bits per heavy atom. The van der Waals surface area contributed by atoms with Gasteiger partial charge in [-0.25, -0.2) is 9.78 Å². The molecule has 0 radical (unpaired) electrons. The van der Waals surface area contributed by atoms with Gasteiger partial charge in [0.1, 0.15) is 4.88 Å². The summed E-state index contributed by atoms with van der Waals surface area (Å²) in [6.07, 6.45) is 1.60. The van der Waals surface area contributed by atoms with Gasteiger partial charge in [0, 0.05) is 0 Å². The van der Waals surface area contributed by atoms with E-state index in [-0.39, 0.29) is 15.7 Å². The number of carbonyl (C=O) groups is 2. The van der Waals surface area contributed by atoms with E-state index < -0.39 is 5.97 Å². The van der Waals surface area contributed by atoms with Crippen LogP contribution in [0.3, 0.4) is 0 Å². The van der Waals surface area contributed by atoms with Gasteiger partial charge in [0.05, 0.1) is 5.51 Å². The molecule has 0 atom stereocenters.